The second kappa shape index (κ2) is 7.72. The number of morpholine rings is 1. The minimum atomic E-state index is 0.155. The Kier molecular flexibility index (Phi) is 4.99. The van der Waals surface area contributed by atoms with Crippen LogP contribution in [0.25, 0.3) is 11.0 Å². The minimum Gasteiger partial charge on any atom is -0.379 e. The first kappa shape index (κ1) is 16.8. The summed E-state index contributed by atoms with van der Waals surface area (Å²) in [5, 5.41) is 4.44. The highest BCUT2D eigenvalue weighted by molar-refractivity contribution is 5.86. The SMILES string of the molecule is Cc1nc(NC[C@H](c2ccccn2)N2CCOCC2)c2cccnc2n1. The molecule has 4 heterocycles. The van der Waals surface area contributed by atoms with Crippen LogP contribution in [-0.4, -0.2) is 57.7 Å². The van der Waals surface area contributed by atoms with Gasteiger partial charge in [-0.05, 0) is 31.2 Å². The predicted molar refractivity (Wildman–Crippen MR) is 99.9 cm³/mol. The molecule has 7 heteroatoms. The number of ether oxygens (including phenoxy) is 1. The largest absolute Gasteiger partial charge is 0.379 e. The van der Waals surface area contributed by atoms with Crippen molar-refractivity contribution in [2.45, 2.75) is 13.0 Å². The maximum absolute atomic E-state index is 5.51. The molecular formula is C19H22N6O. The lowest BCUT2D eigenvalue weighted by Crippen LogP contribution is -2.42. The van der Waals surface area contributed by atoms with Gasteiger partial charge in [0.25, 0.3) is 0 Å². The van der Waals surface area contributed by atoms with Crippen molar-refractivity contribution in [3.05, 3.63) is 54.2 Å². The smallest absolute Gasteiger partial charge is 0.164 e. The minimum absolute atomic E-state index is 0.155. The van der Waals surface area contributed by atoms with E-state index < -0.39 is 0 Å². The van der Waals surface area contributed by atoms with Crippen molar-refractivity contribution >= 4 is 16.9 Å². The maximum atomic E-state index is 5.51. The van der Waals surface area contributed by atoms with Gasteiger partial charge in [-0.3, -0.25) is 9.88 Å². The van der Waals surface area contributed by atoms with Crippen molar-refractivity contribution in [1.29, 1.82) is 0 Å². The van der Waals surface area contributed by atoms with Crippen LogP contribution in [-0.2, 0) is 4.74 Å². The molecule has 134 valence electrons. The van der Waals surface area contributed by atoms with Crippen LogP contribution in [0.5, 0.6) is 0 Å². The van der Waals surface area contributed by atoms with Crippen LogP contribution < -0.4 is 5.32 Å². The van der Waals surface area contributed by atoms with Crippen LogP contribution in [0.1, 0.15) is 17.6 Å². The fraction of sp³-hybridized carbons (Fsp3) is 0.368. The number of hydrogen-bond acceptors (Lipinski definition) is 7. The highest BCUT2D eigenvalue weighted by Gasteiger charge is 2.24. The van der Waals surface area contributed by atoms with Gasteiger partial charge in [-0.2, -0.15) is 0 Å². The standard InChI is InChI=1S/C19H22N6O/c1-14-23-18-15(5-4-8-21-18)19(24-14)22-13-17(16-6-2-3-7-20-16)25-9-11-26-12-10-25/h2-8,17H,9-13H2,1H3,(H,21,22,23,24)/t17-/m1/s1. The number of rotatable bonds is 5. The molecule has 3 aromatic heterocycles. The number of nitrogens with zero attached hydrogens (tertiary/aromatic N) is 5. The van der Waals surface area contributed by atoms with Gasteiger partial charge in [0, 0.05) is 32.0 Å². The zero-order chi connectivity index (χ0) is 17.8. The highest BCUT2D eigenvalue weighted by atomic mass is 16.5. The molecule has 1 saturated heterocycles. The summed E-state index contributed by atoms with van der Waals surface area (Å²) in [6.45, 7) is 5.89. The van der Waals surface area contributed by atoms with E-state index in [-0.39, 0.29) is 6.04 Å². The van der Waals surface area contributed by atoms with Crippen molar-refractivity contribution in [1.82, 2.24) is 24.8 Å². The Morgan fingerprint density at radius 3 is 2.73 bits per heavy atom. The van der Waals surface area contributed by atoms with E-state index in [1.807, 2.05) is 37.4 Å². The van der Waals surface area contributed by atoms with Gasteiger partial charge in [0.05, 0.1) is 30.3 Å². The Morgan fingerprint density at radius 2 is 1.92 bits per heavy atom. The quantitative estimate of drug-likeness (QED) is 0.756. The van der Waals surface area contributed by atoms with Crippen LogP contribution in [0.3, 0.4) is 0 Å². The molecule has 1 atom stereocenters. The summed E-state index contributed by atoms with van der Waals surface area (Å²) in [6.07, 6.45) is 3.60. The molecule has 0 aliphatic carbocycles. The lowest BCUT2D eigenvalue weighted by atomic mass is 10.1. The van der Waals surface area contributed by atoms with Crippen molar-refractivity contribution in [3.63, 3.8) is 0 Å². The van der Waals surface area contributed by atoms with Crippen LogP contribution >= 0.6 is 0 Å². The van der Waals surface area contributed by atoms with Gasteiger partial charge in [0.2, 0.25) is 0 Å². The van der Waals surface area contributed by atoms with E-state index in [1.54, 1.807) is 6.20 Å². The molecule has 0 amide bonds. The average molecular weight is 350 g/mol. The topological polar surface area (TPSA) is 76.1 Å². The maximum Gasteiger partial charge on any atom is 0.164 e. The molecule has 1 aliphatic heterocycles. The summed E-state index contributed by atoms with van der Waals surface area (Å²) in [7, 11) is 0. The van der Waals surface area contributed by atoms with Crippen molar-refractivity contribution in [2.24, 2.45) is 0 Å². The Labute approximate surface area is 152 Å². The first-order valence-electron chi connectivity index (χ1n) is 8.87. The van der Waals surface area contributed by atoms with E-state index in [1.165, 1.54) is 0 Å². The Balaban J connectivity index is 1.60. The van der Waals surface area contributed by atoms with E-state index in [4.69, 9.17) is 4.74 Å². The molecule has 4 rings (SSSR count). The van der Waals surface area contributed by atoms with Crippen LogP contribution in [0, 0.1) is 6.92 Å². The first-order valence-corrected chi connectivity index (χ1v) is 8.87. The third-order valence-electron chi connectivity index (χ3n) is 4.56. The molecule has 26 heavy (non-hydrogen) atoms. The summed E-state index contributed by atoms with van der Waals surface area (Å²) in [5.74, 6) is 1.52. The molecule has 1 fully saturated rings. The summed E-state index contributed by atoms with van der Waals surface area (Å²) in [6, 6.07) is 10.1. The van der Waals surface area contributed by atoms with Gasteiger partial charge in [-0.1, -0.05) is 6.07 Å². The number of aromatic nitrogens is 4. The van der Waals surface area contributed by atoms with Gasteiger partial charge in [-0.15, -0.1) is 0 Å². The van der Waals surface area contributed by atoms with Crippen molar-refractivity contribution in [3.8, 4) is 0 Å². The predicted octanol–water partition coefficient (Wildman–Crippen LogP) is 2.21. The van der Waals surface area contributed by atoms with E-state index in [0.29, 0.717) is 18.0 Å². The number of pyridine rings is 2. The van der Waals surface area contributed by atoms with Gasteiger partial charge < -0.3 is 10.1 Å². The molecule has 0 radical (unpaired) electrons. The second-order valence-electron chi connectivity index (χ2n) is 6.29. The normalized spacial score (nSPS) is 16.5. The van der Waals surface area contributed by atoms with E-state index >= 15 is 0 Å². The number of fused-ring (bicyclic) bond motifs is 1. The second-order valence-corrected chi connectivity index (χ2v) is 6.29. The zero-order valence-electron chi connectivity index (χ0n) is 14.8. The Hall–Kier alpha value is -2.64. The Bertz CT molecular complexity index is 866. The Morgan fingerprint density at radius 1 is 1.08 bits per heavy atom. The summed E-state index contributed by atoms with van der Waals surface area (Å²) >= 11 is 0. The van der Waals surface area contributed by atoms with Crippen LogP contribution in [0.15, 0.2) is 42.7 Å². The van der Waals surface area contributed by atoms with E-state index in [2.05, 4.69) is 36.2 Å². The molecular weight excluding hydrogens is 328 g/mol. The van der Waals surface area contributed by atoms with Gasteiger partial charge in [0.15, 0.2) is 5.65 Å². The number of nitrogens with one attached hydrogen (secondary N) is 1. The fourth-order valence-corrected chi connectivity index (χ4v) is 3.28. The van der Waals surface area contributed by atoms with E-state index in [0.717, 1.165) is 43.2 Å². The molecule has 7 nitrogen and oxygen atoms in total. The molecule has 0 unspecified atom stereocenters. The molecule has 3 aromatic rings. The number of anilines is 1. The summed E-state index contributed by atoms with van der Waals surface area (Å²) in [5.41, 5.74) is 1.76. The van der Waals surface area contributed by atoms with Crippen LogP contribution in [0.2, 0.25) is 0 Å². The van der Waals surface area contributed by atoms with E-state index in [9.17, 15) is 0 Å². The molecule has 1 aliphatic rings. The van der Waals surface area contributed by atoms with Gasteiger partial charge in [0.1, 0.15) is 11.6 Å². The van der Waals surface area contributed by atoms with Gasteiger partial charge in [-0.25, -0.2) is 15.0 Å². The monoisotopic (exact) mass is 350 g/mol. The molecule has 0 aromatic carbocycles. The average Bonchev–Trinajstić information content (AvgIpc) is 2.69. The molecule has 1 N–H and O–H groups in total. The number of hydrogen-bond donors (Lipinski definition) is 1. The summed E-state index contributed by atoms with van der Waals surface area (Å²) < 4.78 is 5.51. The summed E-state index contributed by atoms with van der Waals surface area (Å²) in [4.78, 5) is 20.3. The van der Waals surface area contributed by atoms with Crippen molar-refractivity contribution < 1.29 is 4.74 Å². The lowest BCUT2D eigenvalue weighted by molar-refractivity contribution is 0.0179. The highest BCUT2D eigenvalue weighted by Crippen LogP contribution is 2.23. The molecule has 0 spiro atoms. The lowest BCUT2D eigenvalue weighted by Gasteiger charge is -2.34. The molecule has 0 saturated carbocycles. The number of aryl methyl sites for hydroxylation is 1. The fourth-order valence-electron chi connectivity index (χ4n) is 3.28. The van der Waals surface area contributed by atoms with Crippen LogP contribution in [0.4, 0.5) is 5.82 Å². The third kappa shape index (κ3) is 3.63. The van der Waals surface area contributed by atoms with Crippen molar-refractivity contribution in [2.75, 3.05) is 38.2 Å². The van der Waals surface area contributed by atoms with Gasteiger partial charge >= 0.3 is 0 Å². The first-order chi connectivity index (χ1) is 12.8. The molecule has 0 bridgehead atoms. The zero-order valence-corrected chi connectivity index (χ0v) is 14.8. The third-order valence-corrected chi connectivity index (χ3v) is 4.56.